The van der Waals surface area contributed by atoms with Crippen LogP contribution in [0.2, 0.25) is 0 Å². The quantitative estimate of drug-likeness (QED) is 0.664. The summed E-state index contributed by atoms with van der Waals surface area (Å²) in [5.41, 5.74) is 3.35. The zero-order valence-corrected chi connectivity index (χ0v) is 15.6. The third-order valence-electron chi connectivity index (χ3n) is 5.06. The Hall–Kier alpha value is -2.40. The van der Waals surface area contributed by atoms with Crippen molar-refractivity contribution in [3.63, 3.8) is 0 Å². The lowest BCUT2D eigenvalue weighted by molar-refractivity contribution is 0.229. The van der Waals surface area contributed by atoms with Gasteiger partial charge in [-0.3, -0.25) is 0 Å². The number of piperidine rings is 1. The van der Waals surface area contributed by atoms with E-state index >= 15 is 0 Å². The number of alkyl halides is 1. The van der Waals surface area contributed by atoms with Crippen molar-refractivity contribution in [3.05, 3.63) is 53.8 Å². The van der Waals surface area contributed by atoms with Gasteiger partial charge < -0.3 is 15.0 Å². The highest BCUT2D eigenvalue weighted by atomic mass is 19.1. The minimum absolute atomic E-state index is 0.0642. The molecule has 0 radical (unpaired) electrons. The molecule has 27 heavy (non-hydrogen) atoms. The zero-order valence-electron chi connectivity index (χ0n) is 15.6. The molecule has 1 saturated heterocycles. The number of rotatable bonds is 4. The molecule has 1 aromatic heterocycles. The molecular formula is C22H24F2N2O. The monoisotopic (exact) mass is 370 g/mol. The zero-order chi connectivity index (χ0) is 19.0. The van der Waals surface area contributed by atoms with E-state index < -0.39 is 6.17 Å². The summed E-state index contributed by atoms with van der Waals surface area (Å²) in [4.78, 5) is 3.33. The van der Waals surface area contributed by atoms with Crippen LogP contribution in [0.5, 0.6) is 5.75 Å². The summed E-state index contributed by atoms with van der Waals surface area (Å²) in [5.74, 6) is 0.178. The van der Waals surface area contributed by atoms with Gasteiger partial charge in [-0.05, 0) is 62.7 Å². The largest absolute Gasteiger partial charge is 0.491 e. The third-order valence-corrected chi connectivity index (χ3v) is 5.06. The summed E-state index contributed by atoms with van der Waals surface area (Å²) in [5, 5.41) is 4.17. The first-order valence-corrected chi connectivity index (χ1v) is 9.46. The molecule has 2 N–H and O–H groups in total. The Balaban J connectivity index is 1.88. The van der Waals surface area contributed by atoms with E-state index in [9.17, 15) is 8.78 Å². The van der Waals surface area contributed by atoms with Crippen molar-refractivity contribution in [2.75, 3.05) is 13.1 Å². The summed E-state index contributed by atoms with van der Waals surface area (Å²) in [6.45, 7) is 5.21. The summed E-state index contributed by atoms with van der Waals surface area (Å²) < 4.78 is 34.4. The van der Waals surface area contributed by atoms with E-state index in [1.54, 1.807) is 6.07 Å². The first-order chi connectivity index (χ1) is 13.0. The van der Waals surface area contributed by atoms with Gasteiger partial charge in [-0.2, -0.15) is 0 Å². The molecule has 2 heterocycles. The fourth-order valence-electron chi connectivity index (χ4n) is 3.91. The number of aromatic amines is 1. The van der Waals surface area contributed by atoms with Crippen molar-refractivity contribution >= 4 is 10.9 Å². The van der Waals surface area contributed by atoms with Gasteiger partial charge in [0.15, 0.2) is 0 Å². The summed E-state index contributed by atoms with van der Waals surface area (Å²) in [6, 6.07) is 12.4. The molecule has 142 valence electrons. The van der Waals surface area contributed by atoms with Gasteiger partial charge in [-0.25, -0.2) is 8.78 Å². The molecule has 1 fully saturated rings. The van der Waals surface area contributed by atoms with Crippen molar-refractivity contribution in [1.82, 2.24) is 10.3 Å². The summed E-state index contributed by atoms with van der Waals surface area (Å²) in [7, 11) is 0. The van der Waals surface area contributed by atoms with Crippen molar-refractivity contribution in [3.8, 4) is 17.0 Å². The highest BCUT2D eigenvalue weighted by Crippen LogP contribution is 2.40. The van der Waals surface area contributed by atoms with Crippen molar-refractivity contribution in [2.45, 2.75) is 38.5 Å². The second-order valence-corrected chi connectivity index (χ2v) is 7.41. The van der Waals surface area contributed by atoms with E-state index in [0.29, 0.717) is 25.0 Å². The average molecular weight is 370 g/mol. The molecule has 0 unspecified atom stereocenters. The Morgan fingerprint density at radius 2 is 2.00 bits per heavy atom. The van der Waals surface area contributed by atoms with Crippen LogP contribution in [0.25, 0.3) is 22.2 Å². The number of H-pyrrole nitrogens is 1. The maximum atomic E-state index is 14.8. The highest BCUT2D eigenvalue weighted by Gasteiger charge is 2.31. The molecule has 0 amide bonds. The molecule has 4 rings (SSSR count). The number of hydrogen-bond acceptors (Lipinski definition) is 2. The fraction of sp³-hybridized carbons (Fsp3) is 0.364. The van der Waals surface area contributed by atoms with Gasteiger partial charge in [-0.15, -0.1) is 0 Å². The Bertz CT molecular complexity index is 951. The van der Waals surface area contributed by atoms with Crippen LogP contribution in [-0.4, -0.2) is 30.3 Å². The van der Waals surface area contributed by atoms with Crippen LogP contribution in [0.15, 0.2) is 42.5 Å². The molecule has 5 heteroatoms. The van der Waals surface area contributed by atoms with Gasteiger partial charge in [-0.1, -0.05) is 12.1 Å². The molecule has 1 aliphatic rings. The van der Waals surface area contributed by atoms with Gasteiger partial charge in [0.1, 0.15) is 17.7 Å². The number of benzene rings is 2. The molecule has 3 aromatic rings. The van der Waals surface area contributed by atoms with Crippen molar-refractivity contribution in [1.29, 1.82) is 0 Å². The first-order valence-electron chi connectivity index (χ1n) is 9.46. The standard InChI is InChI=1S/C22H24F2N2O/c1-13(2)27-16-5-3-4-14(10-16)22-21(18-12-25-9-8-19(18)24)17-7-6-15(23)11-20(17)26-22/h3-7,10-11,13,18-19,25-26H,8-9,12H2,1-2H3/t18-,19-/m1/s1. The van der Waals surface area contributed by atoms with Crippen molar-refractivity contribution < 1.29 is 13.5 Å². The number of aromatic nitrogens is 1. The van der Waals surface area contributed by atoms with E-state index in [4.69, 9.17) is 4.74 Å². The smallest absolute Gasteiger partial charge is 0.125 e. The highest BCUT2D eigenvalue weighted by molar-refractivity contribution is 5.91. The molecule has 1 aliphatic heterocycles. The molecule has 3 nitrogen and oxygen atoms in total. The van der Waals surface area contributed by atoms with E-state index in [2.05, 4.69) is 10.3 Å². The lowest BCUT2D eigenvalue weighted by Crippen LogP contribution is -2.36. The summed E-state index contributed by atoms with van der Waals surface area (Å²) >= 11 is 0. The predicted molar refractivity (Wildman–Crippen MR) is 105 cm³/mol. The normalized spacial score (nSPS) is 20.3. The predicted octanol–water partition coefficient (Wildman–Crippen LogP) is 5.18. The average Bonchev–Trinajstić information content (AvgIpc) is 3.00. The molecule has 2 aromatic carbocycles. The number of nitrogens with one attached hydrogen (secondary N) is 2. The minimum atomic E-state index is -0.927. The number of hydrogen-bond donors (Lipinski definition) is 2. The fourth-order valence-corrected chi connectivity index (χ4v) is 3.91. The van der Waals surface area contributed by atoms with E-state index in [1.165, 1.54) is 12.1 Å². The van der Waals surface area contributed by atoms with Gasteiger partial charge in [0.05, 0.1) is 11.8 Å². The van der Waals surface area contributed by atoms with Crippen LogP contribution < -0.4 is 10.1 Å². The summed E-state index contributed by atoms with van der Waals surface area (Å²) in [6.07, 6.45) is -0.382. The van der Waals surface area contributed by atoms with Gasteiger partial charge >= 0.3 is 0 Å². The Kier molecular flexibility index (Phi) is 4.87. The van der Waals surface area contributed by atoms with Crippen molar-refractivity contribution in [2.24, 2.45) is 0 Å². The SMILES string of the molecule is CC(C)Oc1cccc(-c2[nH]c3cc(F)ccc3c2[C@@H]2CNCC[C@H]2F)c1. The molecule has 2 atom stereocenters. The number of fused-ring (bicyclic) bond motifs is 1. The molecular weight excluding hydrogens is 346 g/mol. The number of ether oxygens (including phenoxy) is 1. The second-order valence-electron chi connectivity index (χ2n) is 7.41. The molecule has 0 saturated carbocycles. The minimum Gasteiger partial charge on any atom is -0.491 e. The Morgan fingerprint density at radius 3 is 2.78 bits per heavy atom. The lowest BCUT2D eigenvalue weighted by atomic mass is 9.86. The molecule has 0 spiro atoms. The van der Waals surface area contributed by atoms with E-state index in [1.807, 2.05) is 38.1 Å². The number of halogens is 2. The van der Waals surface area contributed by atoms with Crippen LogP contribution in [0, 0.1) is 5.82 Å². The van der Waals surface area contributed by atoms with E-state index in [-0.39, 0.29) is 17.8 Å². The van der Waals surface area contributed by atoms with Crippen LogP contribution in [0.1, 0.15) is 31.7 Å². The first kappa shape index (κ1) is 18.0. The van der Waals surface area contributed by atoms with Gasteiger partial charge in [0, 0.05) is 28.9 Å². The van der Waals surface area contributed by atoms with Gasteiger partial charge in [0.2, 0.25) is 0 Å². The maximum absolute atomic E-state index is 14.8. The topological polar surface area (TPSA) is 37.0 Å². The van der Waals surface area contributed by atoms with Crippen LogP contribution in [0.4, 0.5) is 8.78 Å². The third kappa shape index (κ3) is 3.56. The maximum Gasteiger partial charge on any atom is 0.125 e. The Morgan fingerprint density at radius 1 is 1.15 bits per heavy atom. The van der Waals surface area contributed by atoms with Crippen LogP contribution in [0.3, 0.4) is 0 Å². The van der Waals surface area contributed by atoms with Crippen LogP contribution >= 0.6 is 0 Å². The Labute approximate surface area is 157 Å². The molecule has 0 aliphatic carbocycles. The lowest BCUT2D eigenvalue weighted by Gasteiger charge is -2.27. The van der Waals surface area contributed by atoms with E-state index in [0.717, 1.165) is 28.0 Å². The van der Waals surface area contributed by atoms with Crippen LogP contribution in [-0.2, 0) is 0 Å². The van der Waals surface area contributed by atoms with Gasteiger partial charge in [0.25, 0.3) is 0 Å². The second kappa shape index (κ2) is 7.31. The molecule has 0 bridgehead atoms.